The van der Waals surface area contributed by atoms with Crippen LogP contribution in [0.2, 0.25) is 0 Å². The molecule has 1 aliphatic carbocycles. The predicted octanol–water partition coefficient (Wildman–Crippen LogP) is 5.74. The standard InChI is InChI=1S/C24H40N4S/c1-7-19(2)16-21(18-25-4)24(26-22-12-14-28(29-6)15-13-22)27(5)23-11-9-8-10-20(3)17-23/h7,16,18,20,22-23H,1,4,8-15,17H2,2-3,5-6H3/b19-16-,21-18-,26-24+. The zero-order valence-electron chi connectivity index (χ0n) is 18.9. The van der Waals surface area contributed by atoms with Gasteiger partial charge in [0, 0.05) is 38.0 Å². The fourth-order valence-electron chi connectivity index (χ4n) is 4.36. The molecule has 4 nitrogen and oxygen atoms in total. The van der Waals surface area contributed by atoms with E-state index in [1.807, 2.05) is 24.2 Å². The molecule has 2 aliphatic rings. The summed E-state index contributed by atoms with van der Waals surface area (Å²) < 4.78 is 2.44. The van der Waals surface area contributed by atoms with Gasteiger partial charge in [-0.1, -0.05) is 56.4 Å². The fraction of sp³-hybridized carbons (Fsp3) is 0.667. The van der Waals surface area contributed by atoms with Crippen LogP contribution in [0.4, 0.5) is 0 Å². The lowest BCUT2D eigenvalue weighted by atomic mass is 9.98. The van der Waals surface area contributed by atoms with Crippen molar-refractivity contribution in [2.45, 2.75) is 70.9 Å². The molecule has 0 radical (unpaired) electrons. The Hall–Kier alpha value is -1.33. The molecule has 5 heteroatoms. The molecule has 2 atom stereocenters. The first-order valence-electron chi connectivity index (χ1n) is 11.0. The van der Waals surface area contributed by atoms with Crippen molar-refractivity contribution in [1.82, 2.24) is 9.21 Å². The molecule has 2 unspecified atom stereocenters. The van der Waals surface area contributed by atoms with Gasteiger partial charge >= 0.3 is 0 Å². The first-order chi connectivity index (χ1) is 14.0. The molecule has 1 heterocycles. The second-order valence-electron chi connectivity index (χ2n) is 8.55. The van der Waals surface area contributed by atoms with Crippen LogP contribution < -0.4 is 0 Å². The van der Waals surface area contributed by atoms with Crippen molar-refractivity contribution in [1.29, 1.82) is 0 Å². The molecule has 2 fully saturated rings. The number of likely N-dealkylation sites (N-methyl/N-ethyl adjacent to an activating group) is 1. The number of hydrogen-bond acceptors (Lipinski definition) is 4. The maximum atomic E-state index is 5.31. The molecule has 0 aromatic carbocycles. The fourth-order valence-corrected chi connectivity index (χ4v) is 4.93. The van der Waals surface area contributed by atoms with Crippen LogP contribution in [0.3, 0.4) is 0 Å². The normalized spacial score (nSPS) is 26.1. The molecule has 0 spiro atoms. The van der Waals surface area contributed by atoms with Crippen LogP contribution in [0.1, 0.15) is 58.8 Å². The van der Waals surface area contributed by atoms with E-state index in [0.717, 1.165) is 48.8 Å². The third kappa shape index (κ3) is 7.45. The van der Waals surface area contributed by atoms with E-state index >= 15 is 0 Å². The van der Waals surface area contributed by atoms with Gasteiger partial charge in [0.05, 0.1) is 6.04 Å². The topological polar surface area (TPSA) is 31.2 Å². The maximum absolute atomic E-state index is 5.31. The number of piperidine rings is 1. The first kappa shape index (κ1) is 23.9. The molecule has 162 valence electrons. The van der Waals surface area contributed by atoms with E-state index in [0.29, 0.717) is 12.1 Å². The van der Waals surface area contributed by atoms with Crippen molar-refractivity contribution >= 4 is 24.5 Å². The summed E-state index contributed by atoms with van der Waals surface area (Å²) in [5, 5.41) is 0. The van der Waals surface area contributed by atoms with Gasteiger partial charge in [-0.05, 0) is 57.6 Å². The van der Waals surface area contributed by atoms with Gasteiger partial charge in [-0.15, -0.1) is 0 Å². The summed E-state index contributed by atoms with van der Waals surface area (Å²) in [5.74, 6) is 1.84. The Kier molecular flexibility index (Phi) is 10.2. The summed E-state index contributed by atoms with van der Waals surface area (Å²) in [7, 11) is 2.23. The zero-order chi connectivity index (χ0) is 21.2. The third-order valence-corrected chi connectivity index (χ3v) is 7.10. The minimum Gasteiger partial charge on any atom is -0.356 e. The minimum absolute atomic E-state index is 0.365. The summed E-state index contributed by atoms with van der Waals surface area (Å²) in [4.78, 5) is 11.9. The van der Waals surface area contributed by atoms with Gasteiger partial charge in [0.1, 0.15) is 5.84 Å². The van der Waals surface area contributed by atoms with Crippen molar-refractivity contribution in [3.8, 4) is 0 Å². The smallest absolute Gasteiger partial charge is 0.132 e. The molecule has 0 amide bonds. The average molecular weight is 417 g/mol. The van der Waals surface area contributed by atoms with Gasteiger partial charge in [0.25, 0.3) is 0 Å². The number of amidine groups is 1. The highest BCUT2D eigenvalue weighted by Gasteiger charge is 2.26. The van der Waals surface area contributed by atoms with E-state index in [2.05, 4.69) is 60.7 Å². The molecule has 0 bridgehead atoms. The number of hydrogen-bond donors (Lipinski definition) is 0. The molecule has 29 heavy (non-hydrogen) atoms. The highest BCUT2D eigenvalue weighted by atomic mass is 32.2. The van der Waals surface area contributed by atoms with Crippen LogP contribution in [0.15, 0.2) is 46.1 Å². The second kappa shape index (κ2) is 12.4. The van der Waals surface area contributed by atoms with E-state index in [4.69, 9.17) is 4.99 Å². The SMILES string of the molecule is C=C\C(C)=C/C(=C/N=C)C(=N\C1CCN(SC)CC1)/N(C)C1CCCCC(C)C1. The quantitative estimate of drug-likeness (QED) is 0.174. The van der Waals surface area contributed by atoms with Crippen LogP contribution in [-0.4, -0.2) is 60.2 Å². The van der Waals surface area contributed by atoms with Crippen LogP contribution in [-0.2, 0) is 0 Å². The van der Waals surface area contributed by atoms with E-state index in [-0.39, 0.29) is 0 Å². The monoisotopic (exact) mass is 416 g/mol. The van der Waals surface area contributed by atoms with E-state index in [1.165, 1.54) is 32.1 Å². The molecule has 0 aromatic heterocycles. The maximum Gasteiger partial charge on any atom is 0.132 e. The third-order valence-electron chi connectivity index (χ3n) is 6.22. The van der Waals surface area contributed by atoms with E-state index in [9.17, 15) is 0 Å². The molecule has 2 rings (SSSR count). The Morgan fingerprint density at radius 2 is 1.86 bits per heavy atom. The lowest BCUT2D eigenvalue weighted by Crippen LogP contribution is -2.40. The summed E-state index contributed by atoms with van der Waals surface area (Å²) in [6, 6.07) is 0.896. The molecule has 0 aromatic rings. The lowest BCUT2D eigenvalue weighted by molar-refractivity contribution is 0.297. The minimum atomic E-state index is 0.365. The Morgan fingerprint density at radius 1 is 1.17 bits per heavy atom. The first-order valence-corrected chi connectivity index (χ1v) is 12.2. The average Bonchev–Trinajstić information content (AvgIpc) is 2.96. The van der Waals surface area contributed by atoms with Crippen LogP contribution in [0.25, 0.3) is 0 Å². The molecular weight excluding hydrogens is 376 g/mol. The van der Waals surface area contributed by atoms with E-state index < -0.39 is 0 Å². The van der Waals surface area contributed by atoms with E-state index in [1.54, 1.807) is 0 Å². The summed E-state index contributed by atoms with van der Waals surface area (Å²) in [6.45, 7) is 14.3. The highest BCUT2D eigenvalue weighted by Crippen LogP contribution is 2.28. The summed E-state index contributed by atoms with van der Waals surface area (Å²) >= 11 is 1.84. The molecule has 1 saturated heterocycles. The van der Waals surface area contributed by atoms with Crippen molar-refractivity contribution < 1.29 is 0 Å². The number of rotatable bonds is 7. The van der Waals surface area contributed by atoms with Gasteiger partial charge in [-0.3, -0.25) is 14.3 Å². The Bertz CT molecular complexity index is 629. The van der Waals surface area contributed by atoms with Gasteiger partial charge < -0.3 is 4.90 Å². The van der Waals surface area contributed by atoms with Crippen molar-refractivity contribution in [3.63, 3.8) is 0 Å². The zero-order valence-corrected chi connectivity index (χ0v) is 19.8. The highest BCUT2D eigenvalue weighted by molar-refractivity contribution is 7.96. The summed E-state index contributed by atoms with van der Waals surface area (Å²) in [6.07, 6.45) is 16.7. The number of allylic oxidation sites excluding steroid dienone is 2. The summed E-state index contributed by atoms with van der Waals surface area (Å²) in [5.41, 5.74) is 2.16. The van der Waals surface area contributed by atoms with Crippen molar-refractivity contribution in [2.75, 3.05) is 26.4 Å². The molecule has 1 aliphatic heterocycles. The Morgan fingerprint density at radius 3 is 2.48 bits per heavy atom. The van der Waals surface area contributed by atoms with Gasteiger partial charge in [0.2, 0.25) is 0 Å². The molecular formula is C24H40N4S. The van der Waals surface area contributed by atoms with Gasteiger partial charge in [-0.2, -0.15) is 0 Å². The largest absolute Gasteiger partial charge is 0.356 e. The second-order valence-corrected chi connectivity index (χ2v) is 9.43. The number of aliphatic imine (C=N–C) groups is 2. The lowest BCUT2D eigenvalue weighted by Gasteiger charge is -2.34. The molecule has 1 saturated carbocycles. The van der Waals surface area contributed by atoms with Crippen molar-refractivity contribution in [3.05, 3.63) is 36.1 Å². The predicted molar refractivity (Wildman–Crippen MR) is 131 cm³/mol. The van der Waals surface area contributed by atoms with Crippen LogP contribution in [0, 0.1) is 5.92 Å². The van der Waals surface area contributed by atoms with Gasteiger partial charge in [0.15, 0.2) is 0 Å². The number of nitrogens with zero attached hydrogens (tertiary/aromatic N) is 4. The van der Waals surface area contributed by atoms with Gasteiger partial charge in [-0.25, -0.2) is 0 Å². The molecule has 0 N–H and O–H groups in total. The van der Waals surface area contributed by atoms with Crippen molar-refractivity contribution in [2.24, 2.45) is 15.9 Å². The Labute approximate surface area is 183 Å². The van der Waals surface area contributed by atoms with Crippen LogP contribution in [0.5, 0.6) is 0 Å². The van der Waals surface area contributed by atoms with Crippen LogP contribution >= 0.6 is 11.9 Å². The Balaban J connectivity index is 2.35.